The number of nitrogens with zero attached hydrogens (tertiary/aromatic N) is 4. The Morgan fingerprint density at radius 2 is 2.30 bits per heavy atom. The van der Waals surface area contributed by atoms with Gasteiger partial charge in [-0.3, -0.25) is 4.40 Å². The van der Waals surface area contributed by atoms with Crippen molar-refractivity contribution in [3.8, 4) is 0 Å². The smallest absolute Gasteiger partial charge is 0.356 e. The SMILES string of the molecule is Cc1nc(CNc2nc3ccccn3c2C(=O)O)no1. The number of carbonyl (C=O) groups is 1. The first-order chi connectivity index (χ1) is 9.65. The zero-order valence-corrected chi connectivity index (χ0v) is 10.6. The lowest BCUT2D eigenvalue weighted by atomic mass is 10.4. The van der Waals surface area contributed by atoms with Gasteiger partial charge in [0.05, 0.1) is 6.54 Å². The number of carboxylic acids is 1. The Kier molecular flexibility index (Phi) is 2.82. The number of hydrogen-bond donors (Lipinski definition) is 2. The van der Waals surface area contributed by atoms with Crippen LogP contribution in [0.25, 0.3) is 5.65 Å². The number of anilines is 1. The van der Waals surface area contributed by atoms with Gasteiger partial charge in [0, 0.05) is 13.1 Å². The third kappa shape index (κ3) is 2.07. The van der Waals surface area contributed by atoms with Crippen LogP contribution in [0.5, 0.6) is 0 Å². The minimum atomic E-state index is -1.06. The molecule has 0 saturated heterocycles. The lowest BCUT2D eigenvalue weighted by Gasteiger charge is -2.01. The van der Waals surface area contributed by atoms with E-state index in [1.807, 2.05) is 0 Å². The molecule has 0 aromatic carbocycles. The first kappa shape index (κ1) is 12.2. The molecule has 0 amide bonds. The van der Waals surface area contributed by atoms with Crippen molar-refractivity contribution in [1.29, 1.82) is 0 Å². The molecule has 20 heavy (non-hydrogen) atoms. The molecule has 102 valence electrons. The van der Waals surface area contributed by atoms with Crippen molar-refractivity contribution < 1.29 is 14.4 Å². The highest BCUT2D eigenvalue weighted by molar-refractivity contribution is 5.92. The van der Waals surface area contributed by atoms with E-state index in [1.165, 1.54) is 4.40 Å². The number of nitrogens with one attached hydrogen (secondary N) is 1. The van der Waals surface area contributed by atoms with E-state index in [1.54, 1.807) is 31.3 Å². The minimum Gasteiger partial charge on any atom is -0.476 e. The number of aromatic carboxylic acids is 1. The molecule has 0 radical (unpaired) electrons. The molecule has 2 N–H and O–H groups in total. The summed E-state index contributed by atoms with van der Waals surface area (Å²) in [5.41, 5.74) is 0.623. The van der Waals surface area contributed by atoms with Crippen molar-refractivity contribution in [2.45, 2.75) is 13.5 Å². The molecule has 0 spiro atoms. The first-order valence-corrected chi connectivity index (χ1v) is 5.88. The normalized spacial score (nSPS) is 10.8. The number of hydrogen-bond acceptors (Lipinski definition) is 6. The molecular formula is C12H11N5O3. The molecule has 8 heteroatoms. The molecule has 8 nitrogen and oxygen atoms in total. The molecule has 0 aliphatic heterocycles. The van der Waals surface area contributed by atoms with Crippen LogP contribution in [-0.4, -0.2) is 30.6 Å². The van der Waals surface area contributed by atoms with Crippen LogP contribution in [0.2, 0.25) is 0 Å². The van der Waals surface area contributed by atoms with Gasteiger partial charge in [0.1, 0.15) is 5.65 Å². The van der Waals surface area contributed by atoms with Gasteiger partial charge in [-0.05, 0) is 12.1 Å². The van der Waals surface area contributed by atoms with Crippen molar-refractivity contribution in [2.75, 3.05) is 5.32 Å². The van der Waals surface area contributed by atoms with Crippen LogP contribution in [0, 0.1) is 6.92 Å². The predicted molar refractivity (Wildman–Crippen MR) is 68.5 cm³/mol. The molecule has 0 fully saturated rings. The summed E-state index contributed by atoms with van der Waals surface area (Å²) in [7, 11) is 0. The van der Waals surface area contributed by atoms with Crippen LogP contribution in [0.15, 0.2) is 28.9 Å². The van der Waals surface area contributed by atoms with Crippen LogP contribution in [0.3, 0.4) is 0 Å². The van der Waals surface area contributed by atoms with Crippen molar-refractivity contribution in [3.63, 3.8) is 0 Å². The minimum absolute atomic E-state index is 0.0702. The summed E-state index contributed by atoms with van der Waals surface area (Å²) in [6.45, 7) is 1.92. The average Bonchev–Trinajstić information content (AvgIpc) is 2.99. The summed E-state index contributed by atoms with van der Waals surface area (Å²) in [6.07, 6.45) is 1.65. The fourth-order valence-corrected chi connectivity index (χ4v) is 1.90. The number of aryl methyl sites for hydroxylation is 1. The maximum Gasteiger partial charge on any atom is 0.356 e. The zero-order chi connectivity index (χ0) is 14.1. The maximum atomic E-state index is 11.4. The molecule has 0 aliphatic rings. The van der Waals surface area contributed by atoms with Gasteiger partial charge >= 0.3 is 5.97 Å². The van der Waals surface area contributed by atoms with Crippen LogP contribution < -0.4 is 5.32 Å². The Labute approximate surface area is 113 Å². The van der Waals surface area contributed by atoms with Gasteiger partial charge in [0.15, 0.2) is 17.3 Å². The molecule has 3 heterocycles. The molecule has 3 rings (SSSR count). The maximum absolute atomic E-state index is 11.4. The standard InChI is InChI=1S/C12H11N5O3/c1-7-14-8(16-20-7)6-13-11-10(12(18)19)17-5-3-2-4-9(17)15-11/h2-5,13H,6H2,1H3,(H,18,19). The largest absolute Gasteiger partial charge is 0.476 e. The number of aromatic nitrogens is 4. The number of pyridine rings is 1. The molecule has 3 aromatic heterocycles. The summed E-state index contributed by atoms with van der Waals surface area (Å²) in [5, 5.41) is 15.9. The van der Waals surface area contributed by atoms with E-state index in [4.69, 9.17) is 4.52 Å². The summed E-state index contributed by atoms with van der Waals surface area (Å²) in [5.74, 6) is 0.104. The van der Waals surface area contributed by atoms with E-state index in [0.29, 0.717) is 17.4 Å². The summed E-state index contributed by atoms with van der Waals surface area (Å²) in [4.78, 5) is 19.6. The molecule has 0 aliphatic carbocycles. The van der Waals surface area contributed by atoms with Gasteiger partial charge in [0.2, 0.25) is 5.89 Å². The third-order valence-electron chi connectivity index (χ3n) is 2.72. The van der Waals surface area contributed by atoms with Gasteiger partial charge in [0.25, 0.3) is 0 Å². The Morgan fingerprint density at radius 1 is 1.45 bits per heavy atom. The second kappa shape index (κ2) is 4.65. The number of carboxylic acid groups (broad SMARTS) is 1. The van der Waals surface area contributed by atoms with Crippen molar-refractivity contribution in [2.24, 2.45) is 0 Å². The Bertz CT molecular complexity index is 776. The molecule has 0 unspecified atom stereocenters. The quantitative estimate of drug-likeness (QED) is 0.738. The molecule has 0 atom stereocenters. The lowest BCUT2D eigenvalue weighted by Crippen LogP contribution is -2.08. The predicted octanol–water partition coefficient (Wildman–Crippen LogP) is 1.34. The van der Waals surface area contributed by atoms with Gasteiger partial charge in [-0.2, -0.15) is 4.98 Å². The summed E-state index contributed by atoms with van der Waals surface area (Å²) in [6, 6.07) is 5.27. The molecule has 0 bridgehead atoms. The van der Waals surface area contributed by atoms with Crippen molar-refractivity contribution in [1.82, 2.24) is 19.5 Å². The Balaban J connectivity index is 1.94. The van der Waals surface area contributed by atoms with E-state index in [0.717, 1.165) is 0 Å². The fourth-order valence-electron chi connectivity index (χ4n) is 1.90. The Hall–Kier alpha value is -2.90. The third-order valence-corrected chi connectivity index (χ3v) is 2.72. The van der Waals surface area contributed by atoms with E-state index in [9.17, 15) is 9.90 Å². The number of imidazole rings is 1. The van der Waals surface area contributed by atoms with Gasteiger partial charge < -0.3 is 14.9 Å². The topological polar surface area (TPSA) is 106 Å². The van der Waals surface area contributed by atoms with Crippen molar-refractivity contribution >= 4 is 17.4 Å². The van der Waals surface area contributed by atoms with Crippen LogP contribution in [0.4, 0.5) is 5.82 Å². The van der Waals surface area contributed by atoms with Gasteiger partial charge in [-0.1, -0.05) is 11.2 Å². The van der Waals surface area contributed by atoms with Crippen LogP contribution in [0.1, 0.15) is 22.2 Å². The Morgan fingerprint density at radius 3 is 3.00 bits per heavy atom. The van der Waals surface area contributed by atoms with Crippen LogP contribution >= 0.6 is 0 Å². The second-order valence-electron chi connectivity index (χ2n) is 4.13. The number of fused-ring (bicyclic) bond motifs is 1. The number of rotatable bonds is 4. The fraction of sp³-hybridized carbons (Fsp3) is 0.167. The summed E-state index contributed by atoms with van der Waals surface area (Å²) >= 11 is 0. The zero-order valence-electron chi connectivity index (χ0n) is 10.6. The van der Waals surface area contributed by atoms with Gasteiger partial charge in [-0.25, -0.2) is 9.78 Å². The van der Waals surface area contributed by atoms with E-state index < -0.39 is 5.97 Å². The summed E-state index contributed by atoms with van der Waals surface area (Å²) < 4.78 is 6.35. The van der Waals surface area contributed by atoms with E-state index in [-0.39, 0.29) is 18.1 Å². The van der Waals surface area contributed by atoms with Gasteiger partial charge in [-0.15, -0.1) is 0 Å². The first-order valence-electron chi connectivity index (χ1n) is 5.88. The highest BCUT2D eigenvalue weighted by Gasteiger charge is 2.18. The molecule has 0 saturated carbocycles. The van der Waals surface area contributed by atoms with E-state index >= 15 is 0 Å². The van der Waals surface area contributed by atoms with E-state index in [2.05, 4.69) is 20.4 Å². The molecule has 3 aromatic rings. The average molecular weight is 273 g/mol. The second-order valence-corrected chi connectivity index (χ2v) is 4.13. The monoisotopic (exact) mass is 273 g/mol. The van der Waals surface area contributed by atoms with Crippen molar-refractivity contribution in [3.05, 3.63) is 41.8 Å². The molecular weight excluding hydrogens is 262 g/mol. The lowest BCUT2D eigenvalue weighted by molar-refractivity contribution is 0.0690. The highest BCUT2D eigenvalue weighted by atomic mass is 16.5. The van der Waals surface area contributed by atoms with Crippen LogP contribution in [-0.2, 0) is 6.54 Å². The highest BCUT2D eigenvalue weighted by Crippen LogP contribution is 2.18.